The molecule has 4 rings (SSSR count). The summed E-state index contributed by atoms with van der Waals surface area (Å²) in [5.74, 6) is 2.95. The van der Waals surface area contributed by atoms with Gasteiger partial charge >= 0.3 is 0 Å². The lowest BCUT2D eigenvalue weighted by molar-refractivity contribution is -0.0177. The number of hydrogen-bond donors (Lipinski definition) is 0. The quantitative estimate of drug-likeness (QED) is 0.837. The lowest BCUT2D eigenvalue weighted by atomic mass is 9.87. The van der Waals surface area contributed by atoms with E-state index in [2.05, 4.69) is 73.1 Å². The summed E-state index contributed by atoms with van der Waals surface area (Å²) in [6.07, 6.45) is 5.35. The smallest absolute Gasteiger partial charge is 0.176 e. The number of likely N-dealkylation sites (tertiary alicyclic amines) is 1. The Labute approximate surface area is 152 Å². The molecule has 0 spiro atoms. The van der Waals surface area contributed by atoms with Crippen molar-refractivity contribution in [2.45, 2.75) is 51.2 Å². The number of rotatable bonds is 4. The predicted octanol–water partition coefficient (Wildman–Crippen LogP) is 3.56. The Hall–Kier alpha value is -1.55. The van der Waals surface area contributed by atoms with Gasteiger partial charge in [-0.1, -0.05) is 44.2 Å². The lowest BCUT2D eigenvalue weighted by Gasteiger charge is -2.42. The second-order valence-electron chi connectivity index (χ2n) is 8.52. The maximum atomic E-state index is 5.03. The maximum Gasteiger partial charge on any atom is 0.176 e. The van der Waals surface area contributed by atoms with Crippen LogP contribution < -0.4 is 0 Å². The van der Waals surface area contributed by atoms with Gasteiger partial charge in [-0.15, -0.1) is 0 Å². The first-order chi connectivity index (χ1) is 12.0. The van der Waals surface area contributed by atoms with E-state index in [0.29, 0.717) is 0 Å². The standard InChI is InChI=1S/C21H32N4/c1-16(2)17-10-14-25(15-11-17)20-23(3)19(22-24(20)4)21(12-13-21)18-8-6-5-7-9-18/h5-9,16-17,20H,10-15H2,1-4H3. The minimum atomic E-state index is 0.148. The topological polar surface area (TPSA) is 22.1 Å². The van der Waals surface area contributed by atoms with E-state index in [4.69, 9.17) is 5.10 Å². The first-order valence-corrected chi connectivity index (χ1v) is 9.87. The summed E-state index contributed by atoms with van der Waals surface area (Å²) in [5, 5.41) is 7.21. The molecule has 1 aromatic rings. The Balaban J connectivity index is 1.50. The highest BCUT2D eigenvalue weighted by atomic mass is 15.7. The highest BCUT2D eigenvalue weighted by Gasteiger charge is 2.54. The molecule has 2 fully saturated rings. The number of benzene rings is 1. The molecule has 1 aliphatic carbocycles. The number of hydrogen-bond acceptors (Lipinski definition) is 4. The van der Waals surface area contributed by atoms with Crippen molar-refractivity contribution in [2.75, 3.05) is 27.2 Å². The average Bonchev–Trinajstić information content (AvgIpc) is 3.37. The number of piperidine rings is 1. The summed E-state index contributed by atoms with van der Waals surface area (Å²) in [6.45, 7) is 7.10. The van der Waals surface area contributed by atoms with Gasteiger partial charge in [0.15, 0.2) is 6.29 Å². The minimum Gasteiger partial charge on any atom is -0.327 e. The summed E-state index contributed by atoms with van der Waals surface area (Å²) < 4.78 is 0. The molecule has 0 bridgehead atoms. The van der Waals surface area contributed by atoms with Gasteiger partial charge in [-0.05, 0) is 43.1 Å². The molecule has 2 aliphatic heterocycles. The van der Waals surface area contributed by atoms with E-state index < -0.39 is 0 Å². The molecule has 1 unspecified atom stereocenters. The van der Waals surface area contributed by atoms with Gasteiger partial charge in [0.2, 0.25) is 0 Å². The van der Waals surface area contributed by atoms with Crippen LogP contribution in [0.1, 0.15) is 45.1 Å². The van der Waals surface area contributed by atoms with Crippen LogP contribution in [0, 0.1) is 11.8 Å². The van der Waals surface area contributed by atoms with Crippen LogP contribution in [-0.4, -0.2) is 54.1 Å². The molecule has 3 aliphatic rings. The van der Waals surface area contributed by atoms with Gasteiger partial charge in [0, 0.05) is 27.2 Å². The van der Waals surface area contributed by atoms with E-state index in [1.165, 1.54) is 50.2 Å². The predicted molar refractivity (Wildman–Crippen MR) is 103 cm³/mol. The van der Waals surface area contributed by atoms with E-state index >= 15 is 0 Å². The van der Waals surface area contributed by atoms with Crippen LogP contribution in [0.3, 0.4) is 0 Å². The van der Waals surface area contributed by atoms with Gasteiger partial charge in [0.1, 0.15) is 5.84 Å². The number of likely N-dealkylation sites (N-methyl/N-ethyl adjacent to an activating group) is 1. The molecule has 4 heteroatoms. The van der Waals surface area contributed by atoms with Crippen LogP contribution in [0.15, 0.2) is 35.4 Å². The largest absolute Gasteiger partial charge is 0.327 e. The molecular formula is C21H32N4. The number of amidine groups is 1. The molecule has 1 atom stereocenters. The van der Waals surface area contributed by atoms with Gasteiger partial charge in [0.05, 0.1) is 5.41 Å². The molecule has 0 radical (unpaired) electrons. The third kappa shape index (κ3) is 2.84. The number of nitrogens with zero attached hydrogens (tertiary/aromatic N) is 4. The van der Waals surface area contributed by atoms with Crippen molar-refractivity contribution in [1.82, 2.24) is 14.8 Å². The van der Waals surface area contributed by atoms with Crippen molar-refractivity contribution in [2.24, 2.45) is 16.9 Å². The molecular weight excluding hydrogens is 308 g/mol. The van der Waals surface area contributed by atoms with Crippen molar-refractivity contribution in [3.05, 3.63) is 35.9 Å². The Morgan fingerprint density at radius 1 is 1.04 bits per heavy atom. The van der Waals surface area contributed by atoms with E-state index in [-0.39, 0.29) is 11.7 Å². The van der Waals surface area contributed by atoms with Crippen LogP contribution >= 0.6 is 0 Å². The van der Waals surface area contributed by atoms with E-state index in [9.17, 15) is 0 Å². The summed E-state index contributed by atoms with van der Waals surface area (Å²) >= 11 is 0. The molecule has 1 saturated heterocycles. The normalized spacial score (nSPS) is 27.1. The monoisotopic (exact) mass is 340 g/mol. The van der Waals surface area contributed by atoms with Crippen LogP contribution in [0.5, 0.6) is 0 Å². The number of hydrazone groups is 1. The first kappa shape index (κ1) is 16.9. The van der Waals surface area contributed by atoms with Gasteiger partial charge in [-0.25, -0.2) is 0 Å². The zero-order valence-electron chi connectivity index (χ0n) is 16.2. The van der Waals surface area contributed by atoms with E-state index in [1.54, 1.807) is 0 Å². The third-order valence-corrected chi connectivity index (χ3v) is 6.62. The second kappa shape index (κ2) is 6.31. The fraction of sp³-hybridized carbons (Fsp3) is 0.667. The molecule has 2 heterocycles. The van der Waals surface area contributed by atoms with Gasteiger partial charge < -0.3 is 4.90 Å². The Morgan fingerprint density at radius 2 is 1.68 bits per heavy atom. The van der Waals surface area contributed by atoms with E-state index in [0.717, 1.165) is 11.8 Å². The molecule has 1 saturated carbocycles. The maximum absolute atomic E-state index is 5.03. The van der Waals surface area contributed by atoms with Crippen LogP contribution in [0.2, 0.25) is 0 Å². The van der Waals surface area contributed by atoms with Crippen LogP contribution in [-0.2, 0) is 5.41 Å². The van der Waals surface area contributed by atoms with Crippen molar-refractivity contribution in [3.8, 4) is 0 Å². The van der Waals surface area contributed by atoms with Crippen molar-refractivity contribution < 1.29 is 0 Å². The molecule has 0 N–H and O–H groups in total. The van der Waals surface area contributed by atoms with Crippen molar-refractivity contribution in [1.29, 1.82) is 0 Å². The Bertz CT molecular complexity index is 627. The fourth-order valence-electron chi connectivity index (χ4n) is 4.89. The highest BCUT2D eigenvalue weighted by Crippen LogP contribution is 2.51. The Morgan fingerprint density at radius 3 is 2.24 bits per heavy atom. The SMILES string of the molecule is CC(C)C1CCN(C2N(C)N=C(C3(c4ccccc4)CC3)N2C)CC1. The lowest BCUT2D eigenvalue weighted by Crippen LogP contribution is -2.55. The summed E-state index contributed by atoms with van der Waals surface area (Å²) in [4.78, 5) is 5.06. The average molecular weight is 341 g/mol. The van der Waals surface area contributed by atoms with Gasteiger partial charge in [0.25, 0.3) is 0 Å². The Kier molecular flexibility index (Phi) is 4.27. The van der Waals surface area contributed by atoms with Crippen LogP contribution in [0.4, 0.5) is 0 Å². The summed E-state index contributed by atoms with van der Waals surface area (Å²) in [7, 11) is 4.38. The molecule has 136 valence electrons. The molecule has 0 aromatic heterocycles. The zero-order chi connectivity index (χ0) is 17.6. The van der Waals surface area contributed by atoms with Gasteiger partial charge in [-0.3, -0.25) is 9.91 Å². The van der Waals surface area contributed by atoms with Crippen molar-refractivity contribution >= 4 is 5.84 Å². The molecule has 0 amide bonds. The van der Waals surface area contributed by atoms with Gasteiger partial charge in [-0.2, -0.15) is 5.10 Å². The molecule has 4 nitrogen and oxygen atoms in total. The van der Waals surface area contributed by atoms with Crippen LogP contribution in [0.25, 0.3) is 0 Å². The van der Waals surface area contributed by atoms with Crippen molar-refractivity contribution in [3.63, 3.8) is 0 Å². The highest BCUT2D eigenvalue weighted by molar-refractivity contribution is 5.96. The third-order valence-electron chi connectivity index (χ3n) is 6.62. The molecule has 25 heavy (non-hydrogen) atoms. The summed E-state index contributed by atoms with van der Waals surface area (Å²) in [6, 6.07) is 11.0. The fourth-order valence-corrected chi connectivity index (χ4v) is 4.89. The van der Waals surface area contributed by atoms with E-state index in [1.807, 2.05) is 0 Å². The summed E-state index contributed by atoms with van der Waals surface area (Å²) in [5.41, 5.74) is 1.57. The second-order valence-corrected chi connectivity index (χ2v) is 8.52. The molecule has 1 aromatic carbocycles. The zero-order valence-corrected chi connectivity index (χ0v) is 16.2. The minimum absolute atomic E-state index is 0.148. The first-order valence-electron chi connectivity index (χ1n) is 9.87.